The second kappa shape index (κ2) is 3.87. The predicted octanol–water partition coefficient (Wildman–Crippen LogP) is 0.138. The molecule has 2 rings (SSSR count). The van der Waals surface area contributed by atoms with Crippen LogP contribution in [0.2, 0.25) is 0 Å². The number of guanidine groups is 1. The van der Waals surface area contributed by atoms with E-state index in [-0.39, 0.29) is 11.6 Å². The summed E-state index contributed by atoms with van der Waals surface area (Å²) in [7, 11) is 0. The summed E-state index contributed by atoms with van der Waals surface area (Å²) in [6.45, 7) is 0. The molecule has 0 aromatic heterocycles. The molecule has 1 aromatic carbocycles. The molecule has 0 saturated heterocycles. The highest BCUT2D eigenvalue weighted by molar-refractivity contribution is 5.80. The summed E-state index contributed by atoms with van der Waals surface area (Å²) in [6.07, 6.45) is 3.22. The highest BCUT2D eigenvalue weighted by Gasteiger charge is 2.26. The maximum atomic E-state index is 10.5. The summed E-state index contributed by atoms with van der Waals surface area (Å²) in [5.41, 5.74) is 11.1. The second-order valence-corrected chi connectivity index (χ2v) is 3.60. The van der Waals surface area contributed by atoms with Gasteiger partial charge in [-0.2, -0.15) is 0 Å². The largest absolute Gasteiger partial charge is 0.370 e. The number of nitrogens with two attached hydrogens (primary N) is 2. The highest BCUT2D eigenvalue weighted by Crippen LogP contribution is 2.24. The first-order valence-corrected chi connectivity index (χ1v) is 4.85. The zero-order valence-corrected chi connectivity index (χ0v) is 8.83. The van der Waals surface area contributed by atoms with Gasteiger partial charge < -0.3 is 11.1 Å². The van der Waals surface area contributed by atoms with Crippen molar-refractivity contribution in [1.29, 1.82) is 0 Å². The molecule has 0 saturated carbocycles. The Morgan fingerprint density at radius 3 is 2.53 bits per heavy atom. The lowest BCUT2D eigenvalue weighted by molar-refractivity contribution is -0.384. The Labute approximate surface area is 97.0 Å². The van der Waals surface area contributed by atoms with Crippen molar-refractivity contribution < 1.29 is 4.92 Å². The predicted molar refractivity (Wildman–Crippen MR) is 62.9 cm³/mol. The number of rotatable bonds is 2. The molecule has 1 atom stereocenters. The van der Waals surface area contributed by atoms with Crippen LogP contribution in [0.1, 0.15) is 5.56 Å². The average molecular weight is 233 g/mol. The van der Waals surface area contributed by atoms with Crippen molar-refractivity contribution in [2.45, 2.75) is 5.66 Å². The van der Waals surface area contributed by atoms with Crippen molar-refractivity contribution in [3.63, 3.8) is 0 Å². The Morgan fingerprint density at radius 2 is 2.00 bits per heavy atom. The molecule has 5 N–H and O–H groups in total. The molecule has 0 fully saturated rings. The van der Waals surface area contributed by atoms with Gasteiger partial charge in [-0.25, -0.2) is 4.99 Å². The quantitative estimate of drug-likeness (QED) is 0.495. The van der Waals surface area contributed by atoms with Crippen LogP contribution in [0.3, 0.4) is 0 Å². The van der Waals surface area contributed by atoms with E-state index in [1.807, 2.05) is 0 Å². The fraction of sp³-hybridized carbons (Fsp3) is 0.100. The van der Waals surface area contributed by atoms with E-state index in [1.165, 1.54) is 12.1 Å². The van der Waals surface area contributed by atoms with Crippen molar-refractivity contribution >= 4 is 11.6 Å². The van der Waals surface area contributed by atoms with Gasteiger partial charge in [0.1, 0.15) is 0 Å². The molecule has 0 aliphatic carbocycles. The summed E-state index contributed by atoms with van der Waals surface area (Å²) in [5.74, 6) is 0.202. The SMILES string of the molecule is NC1=NC(N)(c2ccc([N+](=O)[O-])cc2)C=CN1. The molecule has 1 aliphatic rings. The summed E-state index contributed by atoms with van der Waals surface area (Å²) in [6, 6.07) is 5.88. The molecule has 88 valence electrons. The minimum absolute atomic E-state index is 0.00668. The number of hydrogen-bond acceptors (Lipinski definition) is 6. The highest BCUT2D eigenvalue weighted by atomic mass is 16.6. The Morgan fingerprint density at radius 1 is 1.35 bits per heavy atom. The van der Waals surface area contributed by atoms with Gasteiger partial charge >= 0.3 is 0 Å². The normalized spacial score (nSPS) is 22.8. The standard InChI is InChI=1S/C10H11N5O2/c11-9-13-6-5-10(12,14-9)7-1-3-8(4-2-7)15(16)17/h1-6H,12H2,(H3,11,13,14). The molecule has 7 nitrogen and oxygen atoms in total. The van der Waals surface area contributed by atoms with E-state index in [0.29, 0.717) is 5.56 Å². The molecule has 0 spiro atoms. The maximum absolute atomic E-state index is 10.5. The first-order chi connectivity index (χ1) is 8.01. The molecule has 0 bridgehead atoms. The fourth-order valence-corrected chi connectivity index (χ4v) is 1.53. The van der Waals surface area contributed by atoms with Crippen molar-refractivity contribution in [2.24, 2.45) is 16.5 Å². The van der Waals surface area contributed by atoms with E-state index >= 15 is 0 Å². The Kier molecular flexibility index (Phi) is 2.52. The lowest BCUT2D eigenvalue weighted by Crippen LogP contribution is -2.42. The van der Waals surface area contributed by atoms with E-state index in [1.54, 1.807) is 24.4 Å². The first kappa shape index (κ1) is 11.1. The lowest BCUT2D eigenvalue weighted by Gasteiger charge is -2.25. The molecule has 7 heteroatoms. The molecule has 17 heavy (non-hydrogen) atoms. The summed E-state index contributed by atoms with van der Waals surface area (Å²) in [4.78, 5) is 14.1. The summed E-state index contributed by atoms with van der Waals surface area (Å²) in [5, 5.41) is 13.2. The summed E-state index contributed by atoms with van der Waals surface area (Å²) < 4.78 is 0. The van der Waals surface area contributed by atoms with E-state index in [2.05, 4.69) is 10.3 Å². The first-order valence-electron chi connectivity index (χ1n) is 4.85. The molecular weight excluding hydrogens is 222 g/mol. The van der Waals surface area contributed by atoms with Crippen LogP contribution in [-0.4, -0.2) is 10.9 Å². The zero-order chi connectivity index (χ0) is 12.5. The summed E-state index contributed by atoms with van der Waals surface area (Å²) >= 11 is 0. The number of non-ortho nitro benzene ring substituents is 1. The molecule has 0 radical (unpaired) electrons. The number of nitro benzene ring substituents is 1. The van der Waals surface area contributed by atoms with Crippen LogP contribution in [0.5, 0.6) is 0 Å². The molecular formula is C10H11N5O2. The molecule has 0 amide bonds. The van der Waals surface area contributed by atoms with Crippen LogP contribution in [0, 0.1) is 10.1 Å². The van der Waals surface area contributed by atoms with E-state index in [4.69, 9.17) is 11.5 Å². The van der Waals surface area contributed by atoms with Crippen LogP contribution < -0.4 is 16.8 Å². The number of benzene rings is 1. The van der Waals surface area contributed by atoms with Gasteiger partial charge in [0.2, 0.25) is 0 Å². The van der Waals surface area contributed by atoms with Gasteiger partial charge in [-0.3, -0.25) is 15.8 Å². The van der Waals surface area contributed by atoms with Crippen molar-refractivity contribution in [3.8, 4) is 0 Å². The van der Waals surface area contributed by atoms with Crippen LogP contribution in [0.25, 0.3) is 0 Å². The zero-order valence-electron chi connectivity index (χ0n) is 8.83. The second-order valence-electron chi connectivity index (χ2n) is 3.60. The number of nitrogens with one attached hydrogen (secondary N) is 1. The third kappa shape index (κ3) is 2.08. The van der Waals surface area contributed by atoms with E-state index in [0.717, 1.165) is 0 Å². The van der Waals surface area contributed by atoms with E-state index < -0.39 is 10.6 Å². The molecule has 1 unspecified atom stereocenters. The van der Waals surface area contributed by atoms with Crippen LogP contribution in [0.4, 0.5) is 5.69 Å². The van der Waals surface area contributed by atoms with Gasteiger partial charge in [0.25, 0.3) is 5.69 Å². The van der Waals surface area contributed by atoms with Gasteiger partial charge in [0, 0.05) is 18.3 Å². The maximum Gasteiger partial charge on any atom is 0.269 e. The Bertz CT molecular complexity index is 508. The number of nitro groups is 1. The molecule has 1 aromatic rings. The van der Waals surface area contributed by atoms with Crippen LogP contribution in [-0.2, 0) is 5.66 Å². The monoisotopic (exact) mass is 233 g/mol. The Balaban J connectivity index is 2.37. The van der Waals surface area contributed by atoms with Gasteiger partial charge in [-0.15, -0.1) is 0 Å². The number of hydrogen-bond donors (Lipinski definition) is 3. The third-order valence-corrected chi connectivity index (χ3v) is 2.41. The molecule has 1 aliphatic heterocycles. The van der Waals surface area contributed by atoms with E-state index in [9.17, 15) is 10.1 Å². The lowest BCUT2D eigenvalue weighted by atomic mass is 10.00. The third-order valence-electron chi connectivity index (χ3n) is 2.41. The minimum Gasteiger partial charge on any atom is -0.370 e. The van der Waals surface area contributed by atoms with Crippen LogP contribution >= 0.6 is 0 Å². The number of aliphatic imine (C=N–C) groups is 1. The van der Waals surface area contributed by atoms with Crippen molar-refractivity contribution in [2.75, 3.05) is 0 Å². The Hall–Kier alpha value is -2.41. The van der Waals surface area contributed by atoms with Gasteiger partial charge in [-0.05, 0) is 23.8 Å². The fourth-order valence-electron chi connectivity index (χ4n) is 1.53. The van der Waals surface area contributed by atoms with Gasteiger partial charge in [0.15, 0.2) is 11.6 Å². The molecule has 1 heterocycles. The van der Waals surface area contributed by atoms with Crippen molar-refractivity contribution in [3.05, 3.63) is 52.2 Å². The minimum atomic E-state index is -1.08. The van der Waals surface area contributed by atoms with Gasteiger partial charge in [0.05, 0.1) is 4.92 Å². The van der Waals surface area contributed by atoms with Crippen molar-refractivity contribution in [1.82, 2.24) is 5.32 Å². The van der Waals surface area contributed by atoms with Crippen LogP contribution in [0.15, 0.2) is 41.5 Å². The topological polar surface area (TPSA) is 120 Å². The average Bonchev–Trinajstić information content (AvgIpc) is 2.29. The smallest absolute Gasteiger partial charge is 0.269 e. The van der Waals surface area contributed by atoms with Gasteiger partial charge in [-0.1, -0.05) is 0 Å². The number of nitrogens with zero attached hydrogens (tertiary/aromatic N) is 2.